The molecule has 17 nitrogen and oxygen atoms in total. The van der Waals surface area contributed by atoms with Gasteiger partial charge in [-0.2, -0.15) is 0 Å². The lowest BCUT2D eigenvalue weighted by atomic mass is 9.95. The molecule has 0 saturated carbocycles. The molecule has 4 aliphatic rings. The highest BCUT2D eigenvalue weighted by Gasteiger charge is 2.38. The zero-order valence-corrected chi connectivity index (χ0v) is 86.9. The number of para-hydroxylation sites is 6. The third-order valence-electron chi connectivity index (χ3n) is 26.5. The highest BCUT2D eigenvalue weighted by atomic mass is 16.5. The lowest BCUT2D eigenvalue weighted by Gasteiger charge is -2.45. The predicted octanol–water partition coefficient (Wildman–Crippen LogP) is 34.2. The normalized spacial score (nSPS) is 12.5. The lowest BCUT2D eigenvalue weighted by molar-refractivity contribution is 0.242. The van der Waals surface area contributed by atoms with Crippen molar-refractivity contribution in [3.05, 3.63) is 355 Å². The molecular weight excluding hydrogens is 1770 g/mol. The third kappa shape index (κ3) is 20.1. The Morgan fingerprint density at radius 2 is 0.483 bits per heavy atom. The van der Waals surface area contributed by atoms with E-state index < -0.39 is 0 Å². The van der Waals surface area contributed by atoms with Crippen LogP contribution in [0.5, 0.6) is 74.7 Å². The first-order valence-electron chi connectivity index (χ1n) is 49.6. The summed E-state index contributed by atoms with van der Waals surface area (Å²) in [5.74, 6) is 10.2. The van der Waals surface area contributed by atoms with Crippen molar-refractivity contribution >= 4 is 91.0 Å². The Kier molecular flexibility index (Phi) is 29.5. The molecule has 730 valence electrons. The van der Waals surface area contributed by atoms with E-state index in [2.05, 4.69) is 319 Å². The molecule has 0 spiro atoms. The topological polar surface area (TPSA) is 109 Å². The fourth-order valence-corrected chi connectivity index (χ4v) is 20.2. The number of nitrogens with zero attached hydrogens (tertiary/aromatic N) is 8. The van der Waals surface area contributed by atoms with Gasteiger partial charge in [0.1, 0.15) is 74.7 Å². The van der Waals surface area contributed by atoms with Crippen LogP contribution in [0.4, 0.5) is 91.0 Å². The minimum absolute atomic E-state index is 0.0737. The van der Waals surface area contributed by atoms with E-state index in [1.807, 2.05) is 194 Å². The van der Waals surface area contributed by atoms with Crippen molar-refractivity contribution in [1.82, 2.24) is 0 Å². The molecule has 0 bridgehead atoms. The molecule has 20 rings (SSSR count). The summed E-state index contributed by atoms with van der Waals surface area (Å²) < 4.78 is 55.2. The van der Waals surface area contributed by atoms with Crippen molar-refractivity contribution in [3.8, 4) is 119 Å². The van der Waals surface area contributed by atoms with E-state index in [4.69, 9.17) is 42.6 Å². The first kappa shape index (κ1) is 98.7. The maximum absolute atomic E-state index is 6.42. The van der Waals surface area contributed by atoms with Gasteiger partial charge < -0.3 is 81.8 Å². The van der Waals surface area contributed by atoms with Gasteiger partial charge in [-0.3, -0.25) is 0 Å². The second-order valence-corrected chi connectivity index (χ2v) is 38.4. The molecule has 0 saturated heterocycles. The van der Waals surface area contributed by atoms with Crippen molar-refractivity contribution in [1.29, 1.82) is 0 Å². The third-order valence-corrected chi connectivity index (χ3v) is 26.5. The average molecular weight is 1900 g/mol. The van der Waals surface area contributed by atoms with E-state index in [0.717, 1.165) is 159 Å². The summed E-state index contributed by atoms with van der Waals surface area (Å²) in [5.41, 5.74) is 33.4. The molecule has 0 radical (unpaired) electrons. The zero-order chi connectivity index (χ0) is 101. The molecule has 0 fully saturated rings. The van der Waals surface area contributed by atoms with Crippen molar-refractivity contribution in [3.63, 3.8) is 0 Å². The van der Waals surface area contributed by atoms with Crippen LogP contribution < -0.4 is 81.8 Å². The van der Waals surface area contributed by atoms with E-state index in [1.165, 1.54) is 79.1 Å². The smallest absolute Gasteiger partial charge is 0.139 e. The Morgan fingerprint density at radius 1 is 0.189 bits per heavy atom. The second kappa shape index (κ2) is 42.7. The predicted molar refractivity (Wildman–Crippen MR) is 596 cm³/mol. The van der Waals surface area contributed by atoms with Gasteiger partial charge in [0, 0.05) is 58.4 Å². The average Bonchev–Trinajstić information content (AvgIpc) is 0.712. The second-order valence-electron chi connectivity index (χ2n) is 38.4. The largest absolute Gasteiger partial charge is 0.497 e. The number of aryl methyl sites for hydroxylation is 5. The van der Waals surface area contributed by atoms with Crippen LogP contribution in [0.15, 0.2) is 328 Å². The molecule has 0 atom stereocenters. The molecule has 0 aromatic heterocycles. The van der Waals surface area contributed by atoms with Crippen molar-refractivity contribution in [2.45, 2.75) is 154 Å². The summed E-state index contributed by atoms with van der Waals surface area (Å²) >= 11 is 0. The SMILES string of the molecule is COc1cc(C)c2c(c1)N(C)c1ccc(-c3c(Oc4ccccc4)cccc3Oc3ccccc3)cc1N2C.COc1cccc(OC(C)C)c1-c1ccc2c(c1)N(C(C)C)c1c(C)ccc(C)c1N2C(C)C.COc1cccc(OC(C)C)c1-c1ccc2c(c1)N(C(C)C)c1cccc(C)c1N2C(C)C.Cc1cccc2c1N(C)c1cc(-c3c(Oc4ccccc4)cccc3Oc3ccccc3)ccc1N2C. The Labute approximate surface area is 845 Å². The highest BCUT2D eigenvalue weighted by Crippen LogP contribution is 2.59. The summed E-state index contributed by atoms with van der Waals surface area (Å²) in [7, 11) is 13.6. The van der Waals surface area contributed by atoms with Crippen molar-refractivity contribution < 1.29 is 42.6 Å². The Hall–Kier alpha value is -15.9. The van der Waals surface area contributed by atoms with Crippen LogP contribution in [0, 0.1) is 34.6 Å². The van der Waals surface area contributed by atoms with E-state index in [1.54, 1.807) is 21.3 Å². The molecule has 0 N–H and O–H groups in total. The minimum Gasteiger partial charge on any atom is -0.497 e. The van der Waals surface area contributed by atoms with Crippen LogP contribution >= 0.6 is 0 Å². The van der Waals surface area contributed by atoms with Crippen molar-refractivity contribution in [2.24, 2.45) is 0 Å². The maximum atomic E-state index is 6.42. The maximum Gasteiger partial charge on any atom is 0.139 e. The molecule has 17 heteroatoms. The molecule has 0 amide bonds. The van der Waals surface area contributed by atoms with Crippen LogP contribution in [-0.2, 0) is 0 Å². The Balaban J connectivity index is 0.000000131. The van der Waals surface area contributed by atoms with Crippen LogP contribution in [-0.4, -0.2) is 85.9 Å². The molecular formula is C126H132N8O9. The van der Waals surface area contributed by atoms with Gasteiger partial charge in [-0.05, 0) is 332 Å². The van der Waals surface area contributed by atoms with E-state index in [9.17, 15) is 0 Å². The highest BCUT2D eigenvalue weighted by molar-refractivity contribution is 6.03. The van der Waals surface area contributed by atoms with Gasteiger partial charge in [0.15, 0.2) is 0 Å². The summed E-state index contributed by atoms with van der Waals surface area (Å²) in [4.78, 5) is 18.9. The van der Waals surface area contributed by atoms with Gasteiger partial charge in [-0.1, -0.05) is 158 Å². The number of fused-ring (bicyclic) bond motifs is 8. The summed E-state index contributed by atoms with van der Waals surface area (Å²) in [6.07, 6.45) is 0.150. The molecule has 4 aliphatic heterocycles. The molecule has 16 aromatic carbocycles. The number of rotatable bonds is 23. The van der Waals surface area contributed by atoms with Gasteiger partial charge in [-0.25, -0.2) is 0 Å². The Morgan fingerprint density at radius 3 is 0.846 bits per heavy atom. The molecule has 4 heterocycles. The minimum atomic E-state index is 0.0737. The Bertz CT molecular complexity index is 7130. The first-order valence-corrected chi connectivity index (χ1v) is 49.6. The van der Waals surface area contributed by atoms with Crippen LogP contribution in [0.3, 0.4) is 0 Å². The molecule has 0 unspecified atom stereocenters. The zero-order valence-electron chi connectivity index (χ0n) is 86.9. The van der Waals surface area contributed by atoms with Gasteiger partial charge in [-0.15, -0.1) is 0 Å². The van der Waals surface area contributed by atoms with E-state index in [-0.39, 0.29) is 12.2 Å². The van der Waals surface area contributed by atoms with Crippen molar-refractivity contribution in [2.75, 3.05) is 88.7 Å². The number of hydrogen-bond donors (Lipinski definition) is 0. The lowest BCUT2D eigenvalue weighted by Crippen LogP contribution is -2.37. The standard InChI is InChI=1S/C34H30N2O3.C33H28N2O2.C30H38N2O2.C29H36N2O2/c1-23-20-27(37-4)22-30-34(23)36(3)29-21-24(18-19-28(29)35(30)2)33-31(38-25-12-7-5-8-13-25)16-11-17-32(33)39-26-14-9-6-10-15-26;1-23-12-10-17-28-33(23)35(3)29-22-24(20-21-27(29)34(28)2)32-30(36-25-13-6-4-7-14-25)18-11-19-31(32)37-26-15-8-5-9-16-26;1-18(2)31-24-16-15-23(28-26(33-9)11-10-12-27(28)34-20(5)6)17-25(24)32(19(3)4)30-22(8)14-13-21(7)29(30)31;1-18(2)30-24-12-9-11-21(7)29(24)31(19(3)4)23-16-15-22(17-25(23)30)28-26(32-8)13-10-14-27(28)33-20(5)6/h5-22H,1-4H3;4-22H,1-3H3;10-20H,1-9H3;9-20H,1-8H3. The van der Waals surface area contributed by atoms with E-state index in [0.29, 0.717) is 24.2 Å². The van der Waals surface area contributed by atoms with E-state index >= 15 is 0 Å². The molecule has 143 heavy (non-hydrogen) atoms. The van der Waals surface area contributed by atoms with Gasteiger partial charge >= 0.3 is 0 Å². The van der Waals surface area contributed by atoms with Crippen LogP contribution in [0.2, 0.25) is 0 Å². The number of benzene rings is 16. The fourth-order valence-electron chi connectivity index (χ4n) is 20.2. The quantitative estimate of drug-likeness (QED) is 0.0605. The summed E-state index contributed by atoms with van der Waals surface area (Å²) in [5, 5.41) is 0. The summed E-state index contributed by atoms with van der Waals surface area (Å²) in [6.45, 7) is 37.2. The first-order chi connectivity index (χ1) is 69.0. The number of ether oxygens (including phenoxy) is 9. The number of methoxy groups -OCH3 is 3. The van der Waals surface area contributed by atoms with Gasteiger partial charge in [0.2, 0.25) is 0 Å². The number of hydrogen-bond acceptors (Lipinski definition) is 17. The molecule has 0 aliphatic carbocycles. The monoisotopic (exact) mass is 1900 g/mol. The number of anilines is 16. The molecule has 16 aromatic rings. The fraction of sp³-hybridized carbons (Fsp3) is 0.238. The van der Waals surface area contributed by atoms with Gasteiger partial charge in [0.25, 0.3) is 0 Å². The van der Waals surface area contributed by atoms with Crippen LogP contribution in [0.25, 0.3) is 44.5 Å². The summed E-state index contributed by atoms with van der Waals surface area (Å²) in [6, 6.07) is 113. The van der Waals surface area contributed by atoms with Crippen LogP contribution in [0.1, 0.15) is 111 Å². The van der Waals surface area contributed by atoms with Gasteiger partial charge in [0.05, 0.1) is 147 Å².